The Hall–Kier alpha value is -0.950. The molecule has 2 heterocycles. The van der Waals surface area contributed by atoms with Gasteiger partial charge in [-0.1, -0.05) is 32.1 Å². The highest BCUT2D eigenvalue weighted by molar-refractivity contribution is 7.91. The fourth-order valence-electron chi connectivity index (χ4n) is 2.34. The predicted octanol–water partition coefficient (Wildman–Crippen LogP) is 1.88. The van der Waals surface area contributed by atoms with E-state index in [1.165, 1.54) is 11.3 Å². The van der Waals surface area contributed by atoms with Crippen LogP contribution in [-0.2, 0) is 15.3 Å². The minimum Gasteiger partial charge on any atom is -0.343 e. The van der Waals surface area contributed by atoms with Crippen molar-refractivity contribution >= 4 is 32.6 Å². The van der Waals surface area contributed by atoms with E-state index >= 15 is 0 Å². The smallest absolute Gasteiger partial charge is 0.186 e. The van der Waals surface area contributed by atoms with E-state index in [4.69, 9.17) is 0 Å². The van der Waals surface area contributed by atoms with E-state index in [0.29, 0.717) is 11.4 Å². The molecule has 1 fully saturated rings. The van der Waals surface area contributed by atoms with Gasteiger partial charge in [-0.15, -0.1) is 0 Å². The molecule has 0 N–H and O–H groups in total. The maximum Gasteiger partial charge on any atom is 0.186 e. The SMILES string of the molecule is CC1CS(=O)(=O)CCN1c1nc(C(C)(C)C)c(C=O)s1. The summed E-state index contributed by atoms with van der Waals surface area (Å²) in [4.78, 5) is 18.4. The Balaban J connectivity index is 2.35. The first kappa shape index (κ1) is 15.4. The Morgan fingerprint density at radius 3 is 2.50 bits per heavy atom. The van der Waals surface area contributed by atoms with Crippen molar-refractivity contribution < 1.29 is 13.2 Å². The number of anilines is 1. The third-order valence-electron chi connectivity index (χ3n) is 3.38. The summed E-state index contributed by atoms with van der Waals surface area (Å²) >= 11 is 1.35. The standard InChI is InChI=1S/C13H20N2O3S2/c1-9-8-20(17,18)6-5-15(9)12-14-11(13(2,3)4)10(7-16)19-12/h7,9H,5-6,8H2,1-4H3. The summed E-state index contributed by atoms with van der Waals surface area (Å²) in [7, 11) is -2.94. The van der Waals surface area contributed by atoms with Crippen molar-refractivity contribution in [2.24, 2.45) is 0 Å². The molecule has 0 aromatic carbocycles. The van der Waals surface area contributed by atoms with E-state index in [-0.39, 0.29) is 23.0 Å². The highest BCUT2D eigenvalue weighted by Crippen LogP contribution is 2.34. The molecule has 0 amide bonds. The molecule has 0 bridgehead atoms. The maximum atomic E-state index is 11.6. The van der Waals surface area contributed by atoms with Gasteiger partial charge >= 0.3 is 0 Å². The van der Waals surface area contributed by atoms with E-state index in [1.807, 2.05) is 32.6 Å². The van der Waals surface area contributed by atoms with Crippen LogP contribution in [0.1, 0.15) is 43.1 Å². The lowest BCUT2D eigenvalue weighted by Crippen LogP contribution is -2.47. The van der Waals surface area contributed by atoms with Crippen molar-refractivity contribution in [3.8, 4) is 0 Å². The molecule has 0 aliphatic carbocycles. The number of thiazole rings is 1. The predicted molar refractivity (Wildman–Crippen MR) is 81.7 cm³/mol. The van der Waals surface area contributed by atoms with Gasteiger partial charge in [-0.25, -0.2) is 13.4 Å². The number of carbonyl (C=O) groups excluding carboxylic acids is 1. The molecule has 0 spiro atoms. The van der Waals surface area contributed by atoms with Crippen molar-refractivity contribution in [2.75, 3.05) is 23.0 Å². The van der Waals surface area contributed by atoms with E-state index in [0.717, 1.165) is 17.1 Å². The molecular weight excluding hydrogens is 296 g/mol. The average Bonchev–Trinajstić information content (AvgIpc) is 2.71. The number of aldehydes is 1. The van der Waals surface area contributed by atoms with Crippen LogP contribution in [0.5, 0.6) is 0 Å². The van der Waals surface area contributed by atoms with Crippen LogP contribution in [0.15, 0.2) is 0 Å². The Bertz CT molecular complexity index is 614. The lowest BCUT2D eigenvalue weighted by Gasteiger charge is -2.32. The first-order valence-electron chi connectivity index (χ1n) is 6.57. The fourth-order valence-corrected chi connectivity index (χ4v) is 5.12. The summed E-state index contributed by atoms with van der Waals surface area (Å²) in [5.41, 5.74) is 0.587. The second kappa shape index (κ2) is 5.11. The Kier molecular flexibility index (Phi) is 3.94. The highest BCUT2D eigenvalue weighted by atomic mass is 32.2. The molecule has 1 aromatic heterocycles. The van der Waals surface area contributed by atoms with Crippen LogP contribution < -0.4 is 4.90 Å². The van der Waals surface area contributed by atoms with Crippen molar-refractivity contribution in [1.82, 2.24) is 4.98 Å². The van der Waals surface area contributed by atoms with Gasteiger partial charge in [-0.2, -0.15) is 0 Å². The summed E-state index contributed by atoms with van der Waals surface area (Å²) in [6, 6.07) is -0.104. The van der Waals surface area contributed by atoms with Gasteiger partial charge in [0.15, 0.2) is 21.3 Å². The second-order valence-corrected chi connectivity index (χ2v) is 9.47. The van der Waals surface area contributed by atoms with Crippen molar-refractivity contribution in [2.45, 2.75) is 39.2 Å². The zero-order chi connectivity index (χ0) is 15.1. The molecular formula is C13H20N2O3S2. The van der Waals surface area contributed by atoms with E-state index < -0.39 is 9.84 Å². The van der Waals surface area contributed by atoms with Gasteiger partial charge in [-0.3, -0.25) is 4.79 Å². The normalized spacial score (nSPS) is 22.8. The first-order chi connectivity index (χ1) is 9.14. The highest BCUT2D eigenvalue weighted by Gasteiger charge is 2.32. The first-order valence-corrected chi connectivity index (χ1v) is 9.21. The van der Waals surface area contributed by atoms with Gasteiger partial charge in [0, 0.05) is 18.0 Å². The van der Waals surface area contributed by atoms with Crippen LogP contribution in [0.3, 0.4) is 0 Å². The number of aromatic nitrogens is 1. The number of rotatable bonds is 2. The minimum absolute atomic E-state index is 0.104. The number of hydrogen-bond donors (Lipinski definition) is 0. The fraction of sp³-hybridized carbons (Fsp3) is 0.692. The van der Waals surface area contributed by atoms with Crippen LogP contribution in [-0.4, -0.2) is 43.8 Å². The largest absolute Gasteiger partial charge is 0.343 e. The molecule has 1 aromatic rings. The summed E-state index contributed by atoms with van der Waals surface area (Å²) in [5, 5.41) is 0.749. The topological polar surface area (TPSA) is 67.3 Å². The van der Waals surface area contributed by atoms with Gasteiger partial charge in [0.25, 0.3) is 0 Å². The van der Waals surface area contributed by atoms with Crippen molar-refractivity contribution in [3.63, 3.8) is 0 Å². The zero-order valence-electron chi connectivity index (χ0n) is 12.2. The molecule has 1 saturated heterocycles. The quantitative estimate of drug-likeness (QED) is 0.779. The van der Waals surface area contributed by atoms with Crippen LogP contribution in [0.2, 0.25) is 0 Å². The molecule has 112 valence electrons. The number of nitrogens with zero attached hydrogens (tertiary/aromatic N) is 2. The number of sulfone groups is 1. The third kappa shape index (κ3) is 3.03. The van der Waals surface area contributed by atoms with Gasteiger partial charge in [0.05, 0.1) is 22.1 Å². The molecule has 5 nitrogen and oxygen atoms in total. The average molecular weight is 316 g/mol. The molecule has 1 aliphatic heterocycles. The summed E-state index contributed by atoms with van der Waals surface area (Å²) in [6.45, 7) is 8.38. The molecule has 1 aliphatic rings. The van der Waals surface area contributed by atoms with Crippen LogP contribution in [0, 0.1) is 0 Å². The van der Waals surface area contributed by atoms with E-state index in [9.17, 15) is 13.2 Å². The minimum atomic E-state index is -2.94. The monoisotopic (exact) mass is 316 g/mol. The van der Waals surface area contributed by atoms with Crippen LogP contribution in [0.25, 0.3) is 0 Å². The van der Waals surface area contributed by atoms with Gasteiger partial charge in [0.2, 0.25) is 0 Å². The molecule has 0 radical (unpaired) electrons. The Morgan fingerprint density at radius 1 is 1.40 bits per heavy atom. The third-order valence-corrected chi connectivity index (χ3v) is 6.19. The number of carbonyl (C=O) groups is 1. The molecule has 20 heavy (non-hydrogen) atoms. The molecule has 1 atom stereocenters. The van der Waals surface area contributed by atoms with E-state index in [2.05, 4.69) is 4.98 Å². The lowest BCUT2D eigenvalue weighted by molar-refractivity contribution is 0.112. The lowest BCUT2D eigenvalue weighted by atomic mass is 9.91. The van der Waals surface area contributed by atoms with Crippen LogP contribution in [0.4, 0.5) is 5.13 Å². The van der Waals surface area contributed by atoms with Gasteiger partial charge < -0.3 is 4.90 Å². The molecule has 2 rings (SSSR count). The Labute approximate surface area is 123 Å². The van der Waals surface area contributed by atoms with E-state index in [1.54, 1.807) is 0 Å². The summed E-state index contributed by atoms with van der Waals surface area (Å²) < 4.78 is 23.3. The molecule has 0 saturated carbocycles. The summed E-state index contributed by atoms with van der Waals surface area (Å²) in [6.07, 6.45) is 0.840. The van der Waals surface area contributed by atoms with Crippen molar-refractivity contribution in [3.05, 3.63) is 10.6 Å². The molecule has 1 unspecified atom stereocenters. The van der Waals surface area contributed by atoms with Crippen LogP contribution >= 0.6 is 11.3 Å². The van der Waals surface area contributed by atoms with Gasteiger partial charge in [-0.05, 0) is 6.92 Å². The number of hydrogen-bond acceptors (Lipinski definition) is 6. The van der Waals surface area contributed by atoms with Crippen molar-refractivity contribution in [1.29, 1.82) is 0 Å². The summed E-state index contributed by atoms with van der Waals surface area (Å²) in [5.74, 6) is 0.298. The van der Waals surface area contributed by atoms with Gasteiger partial charge in [0.1, 0.15) is 0 Å². The Morgan fingerprint density at radius 2 is 2.05 bits per heavy atom. The maximum absolute atomic E-state index is 11.6. The molecule has 7 heteroatoms. The zero-order valence-corrected chi connectivity index (χ0v) is 13.8. The second-order valence-electron chi connectivity index (χ2n) is 6.23.